The van der Waals surface area contributed by atoms with E-state index in [1.165, 1.54) is 11.0 Å². The number of hydrogen-bond acceptors (Lipinski definition) is 9. The summed E-state index contributed by atoms with van der Waals surface area (Å²) in [5, 5.41) is 6.29. The van der Waals surface area contributed by atoms with E-state index < -0.39 is 68.5 Å². The molecule has 46 heavy (non-hydrogen) atoms. The van der Waals surface area contributed by atoms with Crippen molar-refractivity contribution in [3.8, 4) is 11.6 Å². The predicted octanol–water partition coefficient (Wildman–Crippen LogP) is 1.59. The average molecular weight is 654 g/mol. The van der Waals surface area contributed by atoms with Gasteiger partial charge in [-0.05, 0) is 60.9 Å². The van der Waals surface area contributed by atoms with E-state index in [0.29, 0.717) is 29.9 Å². The number of nitrogens with zero attached hydrogens (tertiary/aromatic N) is 2. The highest BCUT2D eigenvalue weighted by Gasteiger charge is 2.62. The molecule has 2 heterocycles. The lowest BCUT2D eigenvalue weighted by atomic mass is 10.0. The summed E-state index contributed by atoms with van der Waals surface area (Å²) in [6, 6.07) is 5.13. The largest absolute Gasteiger partial charge is 0.497 e. The summed E-state index contributed by atoms with van der Waals surface area (Å²) in [5.74, 6) is -2.45. The fraction of sp³-hybridized carbons (Fsp3) is 0.469. The summed E-state index contributed by atoms with van der Waals surface area (Å²) in [5.41, 5.74) is -1.53. The summed E-state index contributed by atoms with van der Waals surface area (Å²) in [4.78, 5) is 59.2. The van der Waals surface area contributed by atoms with Crippen molar-refractivity contribution < 1.29 is 37.1 Å². The molecule has 2 aliphatic carbocycles. The van der Waals surface area contributed by atoms with Gasteiger partial charge < -0.3 is 25.0 Å². The number of pyridine rings is 1. The second kappa shape index (κ2) is 12.7. The molecule has 1 aromatic heterocycles. The summed E-state index contributed by atoms with van der Waals surface area (Å²) >= 11 is 0. The minimum atomic E-state index is -3.87. The van der Waals surface area contributed by atoms with Gasteiger partial charge in [0.15, 0.2) is 0 Å². The zero-order chi connectivity index (χ0) is 33.4. The lowest BCUT2D eigenvalue weighted by Gasteiger charge is -2.31. The number of benzene rings is 1. The van der Waals surface area contributed by atoms with Crippen LogP contribution in [0, 0.1) is 11.8 Å². The number of rotatable bonds is 13. The molecule has 3 aliphatic rings. The van der Waals surface area contributed by atoms with Gasteiger partial charge in [0.1, 0.15) is 29.5 Å². The van der Waals surface area contributed by atoms with Gasteiger partial charge in [0.2, 0.25) is 33.6 Å². The van der Waals surface area contributed by atoms with Crippen molar-refractivity contribution in [1.29, 1.82) is 0 Å². The Morgan fingerprint density at radius 2 is 1.89 bits per heavy atom. The Balaban J connectivity index is 1.42. The molecule has 5 rings (SSSR count). The SMILES string of the molecule is C=CC(=O)N[C@H](C(=O)N1C[C@H](Oc2nccc3cc(OC)ccc23)C[C@H]1C(=O)N[C@]1(C(=O)NS(=O)(=O)C2CC2)C[C@H]1C=C)C(C)C. The monoisotopic (exact) mass is 653 g/mol. The van der Waals surface area contributed by atoms with Crippen molar-refractivity contribution in [2.75, 3.05) is 13.7 Å². The van der Waals surface area contributed by atoms with Crippen LogP contribution in [-0.4, -0.2) is 84.6 Å². The third-order valence-electron chi connectivity index (χ3n) is 8.73. The number of methoxy groups -OCH3 is 1. The number of fused-ring (bicyclic) bond motifs is 1. The van der Waals surface area contributed by atoms with Gasteiger partial charge >= 0.3 is 0 Å². The third kappa shape index (κ3) is 6.57. The van der Waals surface area contributed by atoms with Crippen molar-refractivity contribution in [2.45, 2.75) is 68.5 Å². The number of carbonyl (C=O) groups excluding carboxylic acids is 4. The summed E-state index contributed by atoms with van der Waals surface area (Å²) in [6.45, 7) is 10.7. The van der Waals surface area contributed by atoms with E-state index in [1.807, 2.05) is 6.07 Å². The first kappa shape index (κ1) is 32.9. The fourth-order valence-corrected chi connectivity index (χ4v) is 7.17. The molecular weight excluding hydrogens is 614 g/mol. The summed E-state index contributed by atoms with van der Waals surface area (Å²) < 4.78 is 38.9. The molecular formula is C32H39N5O8S. The lowest BCUT2D eigenvalue weighted by Crippen LogP contribution is -2.59. The molecule has 2 aromatic rings. The highest BCUT2D eigenvalue weighted by molar-refractivity contribution is 7.91. The fourth-order valence-electron chi connectivity index (χ4n) is 5.81. The van der Waals surface area contributed by atoms with Crippen LogP contribution >= 0.6 is 0 Å². The molecule has 14 heteroatoms. The Morgan fingerprint density at radius 1 is 1.15 bits per heavy atom. The molecule has 0 bridgehead atoms. The third-order valence-corrected chi connectivity index (χ3v) is 10.5. The van der Waals surface area contributed by atoms with Crippen molar-refractivity contribution in [3.63, 3.8) is 0 Å². The van der Waals surface area contributed by atoms with Gasteiger partial charge in [0.25, 0.3) is 5.91 Å². The molecule has 3 fully saturated rings. The second-order valence-electron chi connectivity index (χ2n) is 12.3. The first-order valence-corrected chi connectivity index (χ1v) is 16.7. The van der Waals surface area contributed by atoms with Gasteiger partial charge in [-0.15, -0.1) is 6.58 Å². The van der Waals surface area contributed by atoms with Crippen LogP contribution in [-0.2, 0) is 29.2 Å². The van der Waals surface area contributed by atoms with Gasteiger partial charge in [-0.3, -0.25) is 23.9 Å². The molecule has 0 unspecified atom stereocenters. The number of carbonyl (C=O) groups is 4. The van der Waals surface area contributed by atoms with Crippen molar-refractivity contribution in [2.24, 2.45) is 11.8 Å². The van der Waals surface area contributed by atoms with Crippen LogP contribution in [0.3, 0.4) is 0 Å². The molecule has 0 spiro atoms. The number of ether oxygens (including phenoxy) is 2. The Morgan fingerprint density at radius 3 is 2.50 bits per heavy atom. The first-order valence-electron chi connectivity index (χ1n) is 15.2. The first-order chi connectivity index (χ1) is 21.8. The molecule has 3 N–H and O–H groups in total. The number of hydrogen-bond donors (Lipinski definition) is 3. The van der Waals surface area contributed by atoms with E-state index in [0.717, 1.165) is 11.5 Å². The molecule has 1 aromatic carbocycles. The Labute approximate surface area is 267 Å². The zero-order valence-corrected chi connectivity index (χ0v) is 26.8. The normalized spacial score (nSPS) is 24.5. The molecule has 4 amide bonds. The summed E-state index contributed by atoms with van der Waals surface area (Å²) in [7, 11) is -2.31. The second-order valence-corrected chi connectivity index (χ2v) is 14.3. The van der Waals surface area contributed by atoms with Crippen LogP contribution in [0.1, 0.15) is 39.5 Å². The highest BCUT2D eigenvalue weighted by atomic mass is 32.2. The van der Waals surface area contributed by atoms with Crippen LogP contribution in [0.25, 0.3) is 10.8 Å². The van der Waals surface area contributed by atoms with Crippen LogP contribution in [0.5, 0.6) is 11.6 Å². The Kier molecular flexibility index (Phi) is 9.12. The average Bonchev–Trinajstić information content (AvgIpc) is 3.96. The maximum atomic E-state index is 14.0. The van der Waals surface area contributed by atoms with Gasteiger partial charge in [0.05, 0.1) is 18.9 Å². The predicted molar refractivity (Wildman–Crippen MR) is 169 cm³/mol. The number of nitrogens with one attached hydrogen (secondary N) is 3. The molecule has 13 nitrogen and oxygen atoms in total. The smallest absolute Gasteiger partial charge is 0.259 e. The van der Waals surface area contributed by atoms with Crippen LogP contribution in [0.4, 0.5) is 0 Å². The number of sulfonamides is 1. The maximum Gasteiger partial charge on any atom is 0.259 e. The number of aromatic nitrogens is 1. The van der Waals surface area contributed by atoms with Gasteiger partial charge in [0, 0.05) is 23.9 Å². The topological polar surface area (TPSA) is 173 Å². The minimum absolute atomic E-state index is 0.0154. The highest BCUT2D eigenvalue weighted by Crippen LogP contribution is 2.45. The lowest BCUT2D eigenvalue weighted by molar-refractivity contribution is -0.142. The van der Waals surface area contributed by atoms with E-state index in [-0.39, 0.29) is 25.3 Å². The van der Waals surface area contributed by atoms with Crippen molar-refractivity contribution in [3.05, 3.63) is 55.8 Å². The Hall–Kier alpha value is -4.46. The molecule has 1 aliphatic heterocycles. The van der Waals surface area contributed by atoms with E-state index in [9.17, 15) is 27.6 Å². The van der Waals surface area contributed by atoms with E-state index in [1.54, 1.807) is 45.4 Å². The quantitative estimate of drug-likeness (QED) is 0.214. The Bertz CT molecular complexity index is 1690. The van der Waals surface area contributed by atoms with Crippen LogP contribution in [0.15, 0.2) is 55.8 Å². The van der Waals surface area contributed by atoms with Gasteiger partial charge in [-0.1, -0.05) is 26.5 Å². The molecule has 5 atom stereocenters. The van der Waals surface area contributed by atoms with E-state index in [4.69, 9.17) is 9.47 Å². The van der Waals surface area contributed by atoms with Gasteiger partial charge in [-0.25, -0.2) is 13.4 Å². The molecule has 0 radical (unpaired) electrons. The van der Waals surface area contributed by atoms with E-state index in [2.05, 4.69) is 33.5 Å². The van der Waals surface area contributed by atoms with Crippen molar-refractivity contribution >= 4 is 44.4 Å². The minimum Gasteiger partial charge on any atom is -0.497 e. The molecule has 2 saturated carbocycles. The molecule has 1 saturated heterocycles. The van der Waals surface area contributed by atoms with E-state index >= 15 is 0 Å². The van der Waals surface area contributed by atoms with Crippen LogP contribution in [0.2, 0.25) is 0 Å². The van der Waals surface area contributed by atoms with Crippen LogP contribution < -0.4 is 24.8 Å². The standard InChI is InChI=1S/C32H39N5O8S/c1-6-20-16-32(20,31(41)36-46(42,43)23-9-10-23)35-28(39)25-15-22(17-37(25)30(40)27(18(3)4)34-26(38)7-2)45-29-24-11-8-21(44-5)14-19(24)12-13-33-29/h6-8,11-14,18,20,22-23,25,27H,1-2,9-10,15-17H2,3-5H3,(H,34,38)(H,35,39)(H,36,41)/t20-,22-,25+,27+,32-/m1/s1. The zero-order valence-electron chi connectivity index (χ0n) is 26.0. The maximum absolute atomic E-state index is 14.0. The molecule has 246 valence electrons. The number of amides is 4. The number of likely N-dealkylation sites (tertiary alicyclic amines) is 1. The van der Waals surface area contributed by atoms with Gasteiger partial charge in [-0.2, -0.15) is 0 Å². The van der Waals surface area contributed by atoms with Crippen molar-refractivity contribution in [1.82, 2.24) is 25.2 Å². The summed E-state index contributed by atoms with van der Waals surface area (Å²) in [6.07, 6.45) is 4.58.